The smallest absolute Gasteiger partial charge is 0.234 e. The Bertz CT molecular complexity index is 1130. The van der Waals surface area contributed by atoms with E-state index in [9.17, 15) is 4.79 Å². The second-order valence-corrected chi connectivity index (χ2v) is 8.51. The summed E-state index contributed by atoms with van der Waals surface area (Å²) in [6, 6.07) is 21.6. The number of para-hydroxylation sites is 2. The van der Waals surface area contributed by atoms with Crippen molar-refractivity contribution in [3.63, 3.8) is 0 Å². The predicted octanol–water partition coefficient (Wildman–Crippen LogP) is 5.18. The van der Waals surface area contributed by atoms with Crippen molar-refractivity contribution in [2.24, 2.45) is 0 Å². The van der Waals surface area contributed by atoms with Gasteiger partial charge < -0.3 is 10.1 Å². The maximum Gasteiger partial charge on any atom is 0.234 e. The molecule has 158 valence electrons. The Balaban J connectivity index is 1.50. The van der Waals surface area contributed by atoms with E-state index in [1.54, 1.807) is 11.3 Å². The summed E-state index contributed by atoms with van der Waals surface area (Å²) in [7, 11) is 0. The Morgan fingerprint density at radius 1 is 1.06 bits per heavy atom. The monoisotopic (exact) mass is 450 g/mol. The number of hydrogen-bond donors (Lipinski definition) is 1. The number of thioether (sulfide) groups is 1. The molecule has 0 radical (unpaired) electrons. The number of nitrogens with one attached hydrogen (secondary N) is 1. The maximum absolute atomic E-state index is 12.6. The van der Waals surface area contributed by atoms with Crippen LogP contribution in [-0.4, -0.2) is 33.0 Å². The normalized spacial score (nSPS) is 10.7. The van der Waals surface area contributed by atoms with Crippen LogP contribution in [0.5, 0.6) is 5.75 Å². The van der Waals surface area contributed by atoms with Crippen LogP contribution in [0.1, 0.15) is 12.5 Å². The van der Waals surface area contributed by atoms with E-state index in [0.717, 1.165) is 16.3 Å². The fourth-order valence-corrected chi connectivity index (χ4v) is 4.51. The molecular formula is C23H22N4O2S2. The zero-order valence-electron chi connectivity index (χ0n) is 17.0. The lowest BCUT2D eigenvalue weighted by molar-refractivity contribution is -0.113. The summed E-state index contributed by atoms with van der Waals surface area (Å²) < 4.78 is 7.65. The molecule has 0 saturated carbocycles. The first kappa shape index (κ1) is 21.1. The van der Waals surface area contributed by atoms with E-state index in [1.807, 2.05) is 66.9 Å². The summed E-state index contributed by atoms with van der Waals surface area (Å²) in [4.78, 5) is 13.7. The quantitative estimate of drug-likeness (QED) is 0.356. The summed E-state index contributed by atoms with van der Waals surface area (Å²) in [5.74, 6) is 1.57. The van der Waals surface area contributed by atoms with Crippen LogP contribution < -0.4 is 10.1 Å². The van der Waals surface area contributed by atoms with E-state index < -0.39 is 0 Å². The minimum atomic E-state index is -0.121. The molecule has 0 unspecified atom stereocenters. The summed E-state index contributed by atoms with van der Waals surface area (Å²) >= 11 is 2.99. The summed E-state index contributed by atoms with van der Waals surface area (Å²) in [5.41, 5.74) is 1.82. The van der Waals surface area contributed by atoms with Crippen molar-refractivity contribution in [3.05, 3.63) is 77.7 Å². The van der Waals surface area contributed by atoms with E-state index in [1.165, 1.54) is 11.8 Å². The highest BCUT2D eigenvalue weighted by Gasteiger charge is 2.17. The van der Waals surface area contributed by atoms with E-state index >= 15 is 0 Å². The van der Waals surface area contributed by atoms with Crippen LogP contribution in [0.2, 0.25) is 0 Å². The molecule has 6 nitrogen and oxygen atoms in total. The number of nitrogens with zero attached hydrogens (tertiary/aromatic N) is 3. The lowest BCUT2D eigenvalue weighted by Crippen LogP contribution is -2.15. The van der Waals surface area contributed by atoms with E-state index in [4.69, 9.17) is 4.74 Å². The fourth-order valence-electron chi connectivity index (χ4n) is 3.06. The molecule has 0 aliphatic rings. The van der Waals surface area contributed by atoms with Crippen molar-refractivity contribution in [1.82, 2.24) is 14.8 Å². The number of carbonyl (C=O) groups excluding carboxylic acids is 1. The third-order valence-electron chi connectivity index (χ3n) is 4.44. The van der Waals surface area contributed by atoms with Gasteiger partial charge in [-0.3, -0.25) is 9.36 Å². The van der Waals surface area contributed by atoms with Crippen LogP contribution in [0.15, 0.2) is 77.3 Å². The minimum absolute atomic E-state index is 0.121. The summed E-state index contributed by atoms with van der Waals surface area (Å²) in [5, 5.41) is 14.4. The molecule has 2 aromatic heterocycles. The number of hydrogen-bond acceptors (Lipinski definition) is 6. The third kappa shape index (κ3) is 5.34. The van der Waals surface area contributed by atoms with Crippen molar-refractivity contribution < 1.29 is 9.53 Å². The highest BCUT2D eigenvalue weighted by Crippen LogP contribution is 2.29. The van der Waals surface area contributed by atoms with Gasteiger partial charge in [0, 0.05) is 0 Å². The first-order valence-electron chi connectivity index (χ1n) is 9.90. The van der Waals surface area contributed by atoms with Gasteiger partial charge >= 0.3 is 0 Å². The van der Waals surface area contributed by atoms with Crippen molar-refractivity contribution in [2.45, 2.75) is 18.6 Å². The van der Waals surface area contributed by atoms with Crippen LogP contribution in [0.3, 0.4) is 0 Å². The number of rotatable bonds is 9. The van der Waals surface area contributed by atoms with E-state index in [-0.39, 0.29) is 11.7 Å². The molecule has 0 saturated heterocycles. The molecule has 0 aliphatic carbocycles. The second-order valence-electron chi connectivity index (χ2n) is 6.62. The molecule has 0 spiro atoms. The molecule has 0 fully saturated rings. The molecular weight excluding hydrogens is 428 g/mol. The molecule has 8 heteroatoms. The van der Waals surface area contributed by atoms with Crippen LogP contribution in [0.4, 0.5) is 5.69 Å². The first-order valence-corrected chi connectivity index (χ1v) is 11.8. The van der Waals surface area contributed by atoms with Gasteiger partial charge in [0.2, 0.25) is 5.91 Å². The summed E-state index contributed by atoms with van der Waals surface area (Å²) in [6.45, 7) is 3.09. The van der Waals surface area contributed by atoms with Gasteiger partial charge in [-0.2, -0.15) is 0 Å². The molecule has 0 bridgehead atoms. The maximum atomic E-state index is 12.6. The number of anilines is 1. The predicted molar refractivity (Wildman–Crippen MR) is 126 cm³/mol. The molecule has 4 aromatic rings. The number of benzene rings is 2. The number of carbonyl (C=O) groups is 1. The molecule has 0 aliphatic heterocycles. The number of thiophene rings is 1. The topological polar surface area (TPSA) is 69.0 Å². The van der Waals surface area contributed by atoms with Gasteiger partial charge in [0.1, 0.15) is 5.75 Å². The van der Waals surface area contributed by atoms with Crippen molar-refractivity contribution in [2.75, 3.05) is 17.7 Å². The Hall–Kier alpha value is -3.10. The Labute approximate surface area is 189 Å². The van der Waals surface area contributed by atoms with Crippen molar-refractivity contribution >= 4 is 34.7 Å². The average Bonchev–Trinajstić information content (AvgIpc) is 3.45. The second kappa shape index (κ2) is 10.3. The van der Waals surface area contributed by atoms with E-state index in [2.05, 4.69) is 32.2 Å². The molecule has 31 heavy (non-hydrogen) atoms. The largest absolute Gasteiger partial charge is 0.492 e. The number of aromatic nitrogens is 3. The third-order valence-corrected chi connectivity index (χ3v) is 6.27. The Morgan fingerprint density at radius 3 is 2.65 bits per heavy atom. The van der Waals surface area contributed by atoms with Crippen LogP contribution in [-0.2, 0) is 11.3 Å². The lowest BCUT2D eigenvalue weighted by atomic mass is 10.2. The van der Waals surface area contributed by atoms with Gasteiger partial charge in [-0.15, -0.1) is 21.5 Å². The number of ether oxygens (including phenoxy) is 1. The Morgan fingerprint density at radius 2 is 1.87 bits per heavy atom. The van der Waals surface area contributed by atoms with Crippen LogP contribution in [0, 0.1) is 0 Å². The standard InChI is InChI=1S/C23H22N4O2S2/c1-2-29-19-12-7-6-11-18(19)24-21(28)16-31-23-26-25-22(20-13-8-14-30-20)27(23)15-17-9-4-3-5-10-17/h3-14H,2,15-16H2,1H3,(H,24,28). The number of amides is 1. The van der Waals surface area contributed by atoms with Gasteiger partial charge in [-0.1, -0.05) is 60.3 Å². The highest BCUT2D eigenvalue weighted by atomic mass is 32.2. The van der Waals surface area contributed by atoms with E-state index in [0.29, 0.717) is 29.7 Å². The van der Waals surface area contributed by atoms with Crippen molar-refractivity contribution in [3.8, 4) is 16.5 Å². The average molecular weight is 451 g/mol. The van der Waals surface area contributed by atoms with Gasteiger partial charge in [-0.25, -0.2) is 0 Å². The van der Waals surface area contributed by atoms with Gasteiger partial charge in [-0.05, 0) is 36.1 Å². The fraction of sp³-hybridized carbons (Fsp3) is 0.174. The summed E-state index contributed by atoms with van der Waals surface area (Å²) in [6.07, 6.45) is 0. The molecule has 2 aromatic carbocycles. The molecule has 2 heterocycles. The molecule has 1 N–H and O–H groups in total. The zero-order chi connectivity index (χ0) is 21.5. The molecule has 0 atom stereocenters. The van der Waals surface area contributed by atoms with Crippen molar-refractivity contribution in [1.29, 1.82) is 0 Å². The SMILES string of the molecule is CCOc1ccccc1NC(=O)CSc1nnc(-c2cccs2)n1Cc1ccccc1. The Kier molecular flexibility index (Phi) is 7.01. The minimum Gasteiger partial charge on any atom is -0.492 e. The van der Waals surface area contributed by atoms with Gasteiger partial charge in [0.15, 0.2) is 11.0 Å². The lowest BCUT2D eigenvalue weighted by Gasteiger charge is -2.12. The van der Waals surface area contributed by atoms with Gasteiger partial charge in [0.05, 0.1) is 29.5 Å². The van der Waals surface area contributed by atoms with Crippen LogP contribution in [0.25, 0.3) is 10.7 Å². The first-order chi connectivity index (χ1) is 15.2. The molecule has 4 rings (SSSR count). The highest BCUT2D eigenvalue weighted by molar-refractivity contribution is 7.99. The zero-order valence-corrected chi connectivity index (χ0v) is 18.7. The van der Waals surface area contributed by atoms with Crippen LogP contribution >= 0.6 is 23.1 Å². The molecule has 1 amide bonds. The van der Waals surface area contributed by atoms with Gasteiger partial charge in [0.25, 0.3) is 0 Å².